The molecule has 0 bridgehead atoms. The molecule has 5 heteroatoms. The molecule has 5 nitrogen and oxygen atoms in total. The molecule has 1 N–H and O–H groups in total. The fraction of sp³-hybridized carbons (Fsp3) is 0.467. The van der Waals surface area contributed by atoms with Crippen molar-refractivity contribution in [3.05, 3.63) is 35.9 Å². The summed E-state index contributed by atoms with van der Waals surface area (Å²) in [5.41, 5.74) is 0.842. The van der Waals surface area contributed by atoms with Crippen LogP contribution in [0.3, 0.4) is 0 Å². The molecule has 0 amide bonds. The first-order valence-corrected chi connectivity index (χ1v) is 6.65. The molecule has 0 aliphatic carbocycles. The molecule has 2 atom stereocenters. The molecule has 0 saturated carbocycles. The SMILES string of the molecule is CCOC(=O)[C@@H](O)[C@@H](Cc1ccccc1)C(=O)OCC. The predicted octanol–water partition coefficient (Wildman–Crippen LogP) is 1.33. The molecular weight excluding hydrogens is 260 g/mol. The van der Waals surface area contributed by atoms with Gasteiger partial charge in [-0.1, -0.05) is 30.3 Å². The smallest absolute Gasteiger partial charge is 0.335 e. The largest absolute Gasteiger partial charge is 0.466 e. The van der Waals surface area contributed by atoms with Crippen molar-refractivity contribution in [2.45, 2.75) is 26.4 Å². The summed E-state index contributed by atoms with van der Waals surface area (Å²) in [7, 11) is 0. The lowest BCUT2D eigenvalue weighted by atomic mass is 9.94. The van der Waals surface area contributed by atoms with E-state index in [1.807, 2.05) is 30.3 Å². The highest BCUT2D eigenvalue weighted by Gasteiger charge is 2.34. The van der Waals surface area contributed by atoms with Crippen molar-refractivity contribution in [1.82, 2.24) is 0 Å². The standard InChI is InChI=1S/C15H20O5/c1-3-19-14(17)12(13(16)15(18)20-4-2)10-11-8-6-5-7-9-11/h5-9,12-13,16H,3-4,10H2,1-2H3/t12-,13+/m1/s1. The minimum absolute atomic E-state index is 0.150. The molecule has 0 spiro atoms. The van der Waals surface area contributed by atoms with Gasteiger partial charge in [0.1, 0.15) is 0 Å². The van der Waals surface area contributed by atoms with E-state index in [0.717, 1.165) is 5.56 Å². The Kier molecular flexibility index (Phi) is 6.73. The molecule has 0 heterocycles. The molecule has 0 saturated heterocycles. The van der Waals surface area contributed by atoms with Gasteiger partial charge in [-0.3, -0.25) is 4.79 Å². The van der Waals surface area contributed by atoms with Crippen LogP contribution >= 0.6 is 0 Å². The number of hydrogen-bond donors (Lipinski definition) is 1. The van der Waals surface area contributed by atoms with Gasteiger partial charge in [0, 0.05) is 0 Å². The number of carbonyl (C=O) groups excluding carboxylic acids is 2. The van der Waals surface area contributed by atoms with Gasteiger partial charge in [0.2, 0.25) is 0 Å². The van der Waals surface area contributed by atoms with Gasteiger partial charge < -0.3 is 14.6 Å². The summed E-state index contributed by atoms with van der Waals surface area (Å²) in [6.07, 6.45) is -1.30. The van der Waals surface area contributed by atoms with Crippen molar-refractivity contribution in [1.29, 1.82) is 0 Å². The van der Waals surface area contributed by atoms with E-state index in [1.165, 1.54) is 0 Å². The quantitative estimate of drug-likeness (QED) is 0.763. The molecule has 1 rings (SSSR count). The van der Waals surface area contributed by atoms with Gasteiger partial charge >= 0.3 is 11.9 Å². The van der Waals surface area contributed by atoms with Crippen LogP contribution in [0.2, 0.25) is 0 Å². The highest BCUT2D eigenvalue weighted by atomic mass is 16.6. The zero-order chi connectivity index (χ0) is 15.0. The van der Waals surface area contributed by atoms with Crippen LogP contribution in [0.15, 0.2) is 30.3 Å². The Morgan fingerprint density at radius 3 is 2.15 bits per heavy atom. The van der Waals surface area contributed by atoms with Gasteiger partial charge in [0.25, 0.3) is 0 Å². The van der Waals surface area contributed by atoms with Crippen molar-refractivity contribution in [3.8, 4) is 0 Å². The number of ether oxygens (including phenoxy) is 2. The third-order valence-corrected chi connectivity index (χ3v) is 2.80. The third-order valence-electron chi connectivity index (χ3n) is 2.80. The van der Waals surface area contributed by atoms with Gasteiger partial charge in [-0.15, -0.1) is 0 Å². The first-order valence-electron chi connectivity index (χ1n) is 6.65. The van der Waals surface area contributed by atoms with Crippen LogP contribution in [-0.4, -0.2) is 36.4 Å². The normalized spacial score (nSPS) is 13.3. The van der Waals surface area contributed by atoms with Crippen LogP contribution < -0.4 is 0 Å². The Morgan fingerprint density at radius 1 is 1.05 bits per heavy atom. The van der Waals surface area contributed by atoms with E-state index in [2.05, 4.69) is 0 Å². The van der Waals surface area contributed by atoms with Crippen molar-refractivity contribution in [3.63, 3.8) is 0 Å². The Morgan fingerprint density at radius 2 is 1.60 bits per heavy atom. The second kappa shape index (κ2) is 8.32. The van der Waals surface area contributed by atoms with E-state index in [1.54, 1.807) is 13.8 Å². The molecule has 1 aromatic rings. The van der Waals surface area contributed by atoms with Crippen LogP contribution in [0.25, 0.3) is 0 Å². The lowest BCUT2D eigenvalue weighted by Gasteiger charge is -2.20. The first kappa shape index (κ1) is 16.2. The number of aliphatic hydroxyl groups excluding tert-OH is 1. The number of aliphatic hydroxyl groups is 1. The fourth-order valence-electron chi connectivity index (χ4n) is 1.83. The van der Waals surface area contributed by atoms with Gasteiger partial charge in [-0.05, 0) is 25.8 Å². The molecular formula is C15H20O5. The second-order valence-corrected chi connectivity index (χ2v) is 4.25. The van der Waals surface area contributed by atoms with Crippen LogP contribution in [0.1, 0.15) is 19.4 Å². The number of rotatable bonds is 7. The first-order chi connectivity index (χ1) is 9.60. The summed E-state index contributed by atoms with van der Waals surface area (Å²) in [6, 6.07) is 9.15. The maximum atomic E-state index is 11.9. The number of hydrogen-bond acceptors (Lipinski definition) is 5. The summed E-state index contributed by atoms with van der Waals surface area (Å²) >= 11 is 0. The maximum absolute atomic E-state index is 11.9. The lowest BCUT2D eigenvalue weighted by molar-refractivity contribution is -0.166. The second-order valence-electron chi connectivity index (χ2n) is 4.25. The Hall–Kier alpha value is -1.88. The molecule has 20 heavy (non-hydrogen) atoms. The number of esters is 2. The summed E-state index contributed by atoms with van der Waals surface area (Å²) < 4.78 is 9.67. The summed E-state index contributed by atoms with van der Waals surface area (Å²) in [5.74, 6) is -2.37. The van der Waals surface area contributed by atoms with E-state index >= 15 is 0 Å². The minimum atomic E-state index is -1.52. The Balaban J connectivity index is 2.84. The molecule has 0 unspecified atom stereocenters. The molecule has 0 fully saturated rings. The van der Waals surface area contributed by atoms with Crippen molar-refractivity contribution in [2.24, 2.45) is 5.92 Å². The van der Waals surface area contributed by atoms with Crippen molar-refractivity contribution in [2.75, 3.05) is 13.2 Å². The fourth-order valence-corrected chi connectivity index (χ4v) is 1.83. The molecule has 0 aliphatic rings. The van der Waals surface area contributed by atoms with Crippen LogP contribution in [0.5, 0.6) is 0 Å². The van der Waals surface area contributed by atoms with E-state index < -0.39 is 24.0 Å². The minimum Gasteiger partial charge on any atom is -0.466 e. The molecule has 0 aliphatic heterocycles. The van der Waals surface area contributed by atoms with E-state index in [-0.39, 0.29) is 19.6 Å². The average Bonchev–Trinajstić information content (AvgIpc) is 2.45. The van der Waals surface area contributed by atoms with Gasteiger partial charge in [-0.25, -0.2) is 4.79 Å². The van der Waals surface area contributed by atoms with Gasteiger partial charge in [0.05, 0.1) is 19.1 Å². The summed E-state index contributed by atoms with van der Waals surface area (Å²) in [6.45, 7) is 3.66. The lowest BCUT2D eigenvalue weighted by Crippen LogP contribution is -2.38. The van der Waals surface area contributed by atoms with Crippen molar-refractivity contribution >= 4 is 11.9 Å². The van der Waals surface area contributed by atoms with Crippen LogP contribution in [0, 0.1) is 5.92 Å². The number of carbonyl (C=O) groups is 2. The zero-order valence-electron chi connectivity index (χ0n) is 11.7. The molecule has 110 valence electrons. The Bertz CT molecular complexity index is 429. The van der Waals surface area contributed by atoms with Gasteiger partial charge in [-0.2, -0.15) is 0 Å². The summed E-state index contributed by atoms with van der Waals surface area (Å²) in [4.78, 5) is 23.5. The highest BCUT2D eigenvalue weighted by molar-refractivity contribution is 5.83. The third kappa shape index (κ3) is 4.66. The molecule has 0 aromatic heterocycles. The van der Waals surface area contributed by atoms with Gasteiger partial charge in [0.15, 0.2) is 6.10 Å². The monoisotopic (exact) mass is 280 g/mol. The summed E-state index contributed by atoms with van der Waals surface area (Å²) in [5, 5.41) is 9.99. The molecule has 0 radical (unpaired) electrons. The molecule has 1 aromatic carbocycles. The Labute approximate surface area is 118 Å². The van der Waals surface area contributed by atoms with Crippen molar-refractivity contribution < 1.29 is 24.2 Å². The topological polar surface area (TPSA) is 72.8 Å². The van der Waals surface area contributed by atoms with E-state index in [4.69, 9.17) is 9.47 Å². The van der Waals surface area contributed by atoms with E-state index in [9.17, 15) is 14.7 Å². The highest BCUT2D eigenvalue weighted by Crippen LogP contribution is 2.16. The van der Waals surface area contributed by atoms with E-state index in [0.29, 0.717) is 0 Å². The maximum Gasteiger partial charge on any atom is 0.335 e. The average molecular weight is 280 g/mol. The predicted molar refractivity (Wildman–Crippen MR) is 72.9 cm³/mol. The van der Waals surface area contributed by atoms with Crippen LogP contribution in [-0.2, 0) is 25.5 Å². The van der Waals surface area contributed by atoms with Crippen LogP contribution in [0.4, 0.5) is 0 Å². The number of benzene rings is 1. The zero-order valence-corrected chi connectivity index (χ0v) is 11.7.